The van der Waals surface area contributed by atoms with Gasteiger partial charge in [0, 0.05) is 19.4 Å². The lowest BCUT2D eigenvalue weighted by atomic mass is 10.9. The maximum absolute atomic E-state index is 3.63. The van der Waals surface area contributed by atoms with Crippen LogP contribution < -0.4 is 0 Å². The van der Waals surface area contributed by atoms with Crippen molar-refractivity contribution >= 4 is 16.9 Å². The Balaban J connectivity index is 3.96. The van der Waals surface area contributed by atoms with E-state index in [0.29, 0.717) is 0 Å². The Morgan fingerprint density at radius 3 is 2.20 bits per heavy atom. The Labute approximate surface area is 65.1 Å². The fourth-order valence-electron chi connectivity index (χ4n) is 0.324. The molecule has 10 heavy (non-hydrogen) atoms. The van der Waals surface area contributed by atoms with Gasteiger partial charge >= 0.3 is 0 Å². The summed E-state index contributed by atoms with van der Waals surface area (Å²) < 4.78 is 2.17. The molecule has 3 heteroatoms. The van der Waals surface area contributed by atoms with Crippen molar-refractivity contribution in [1.82, 2.24) is 4.31 Å². The van der Waals surface area contributed by atoms with Gasteiger partial charge in [0.1, 0.15) is 0 Å². The van der Waals surface area contributed by atoms with Gasteiger partial charge in [-0.25, -0.2) is 0 Å². The molecular weight excluding hydrogens is 144 g/mol. The number of aliphatic imine (C=N–C) groups is 1. The molecule has 0 rings (SSSR count). The molecule has 0 aliphatic rings. The fraction of sp³-hybridized carbons (Fsp3) is 0.571. The standard InChI is InChI=1S/C7H16N2S/c1-8-6-7-9(2)10(3,4)5/h6-7H,1H2,2-5H3/b7-6-. The lowest BCUT2D eigenvalue weighted by molar-refractivity contribution is 0.755. The highest BCUT2D eigenvalue weighted by atomic mass is 32.3. The van der Waals surface area contributed by atoms with Crippen molar-refractivity contribution in [3.63, 3.8) is 0 Å². The number of rotatable bonds is 3. The van der Waals surface area contributed by atoms with E-state index >= 15 is 0 Å². The van der Waals surface area contributed by atoms with Crippen LogP contribution >= 0.6 is 10.2 Å². The summed E-state index contributed by atoms with van der Waals surface area (Å²) in [7, 11) is 1.44. The molecule has 2 nitrogen and oxygen atoms in total. The van der Waals surface area contributed by atoms with E-state index in [1.54, 1.807) is 6.20 Å². The first kappa shape index (κ1) is 9.56. The summed E-state index contributed by atoms with van der Waals surface area (Å²) in [5.74, 6) is 0. The van der Waals surface area contributed by atoms with E-state index in [-0.39, 0.29) is 0 Å². The van der Waals surface area contributed by atoms with Crippen LogP contribution in [0.2, 0.25) is 0 Å². The van der Waals surface area contributed by atoms with Gasteiger partial charge in [-0.1, -0.05) is 0 Å². The van der Waals surface area contributed by atoms with Gasteiger partial charge in [0.2, 0.25) is 0 Å². The summed E-state index contributed by atoms with van der Waals surface area (Å²) >= 11 is 0. The normalized spacial score (nSPS) is 13.6. The third-order valence-corrected chi connectivity index (χ3v) is 3.10. The molecule has 0 atom stereocenters. The van der Waals surface area contributed by atoms with E-state index in [1.807, 2.05) is 6.20 Å². The van der Waals surface area contributed by atoms with Crippen LogP contribution in [-0.4, -0.2) is 36.8 Å². The van der Waals surface area contributed by atoms with Crippen LogP contribution in [0.1, 0.15) is 0 Å². The number of nitrogens with zero attached hydrogens (tertiary/aromatic N) is 2. The largest absolute Gasteiger partial charge is 0.343 e. The van der Waals surface area contributed by atoms with Gasteiger partial charge < -0.3 is 4.31 Å². The van der Waals surface area contributed by atoms with Gasteiger partial charge in [-0.15, -0.1) is 0 Å². The van der Waals surface area contributed by atoms with Crippen molar-refractivity contribution in [2.24, 2.45) is 4.99 Å². The Hall–Kier alpha value is -0.440. The molecule has 0 bridgehead atoms. The average Bonchev–Trinajstić information content (AvgIpc) is 1.80. The minimum Gasteiger partial charge on any atom is -0.343 e. The first-order valence-corrected chi connectivity index (χ1v) is 5.84. The molecule has 0 saturated heterocycles. The molecule has 0 spiro atoms. The molecule has 60 valence electrons. The molecule has 0 radical (unpaired) electrons. The van der Waals surface area contributed by atoms with E-state index in [1.165, 1.54) is 0 Å². The molecule has 0 aromatic carbocycles. The van der Waals surface area contributed by atoms with Crippen molar-refractivity contribution in [2.75, 3.05) is 25.8 Å². The highest BCUT2D eigenvalue weighted by Crippen LogP contribution is 2.38. The van der Waals surface area contributed by atoms with Crippen LogP contribution in [0.15, 0.2) is 17.4 Å². The van der Waals surface area contributed by atoms with Gasteiger partial charge in [-0.3, -0.25) is 4.99 Å². The minimum absolute atomic E-state index is 0.616. The molecule has 0 aliphatic heterocycles. The zero-order chi connectivity index (χ0) is 8.20. The maximum atomic E-state index is 3.63. The Bertz CT molecular complexity index is 135. The Morgan fingerprint density at radius 1 is 1.40 bits per heavy atom. The van der Waals surface area contributed by atoms with E-state index in [2.05, 4.69) is 41.8 Å². The van der Waals surface area contributed by atoms with Gasteiger partial charge in [0.25, 0.3) is 0 Å². The third kappa shape index (κ3) is 3.56. The van der Waals surface area contributed by atoms with E-state index in [0.717, 1.165) is 0 Å². The monoisotopic (exact) mass is 160 g/mol. The van der Waals surface area contributed by atoms with Gasteiger partial charge in [0.15, 0.2) is 0 Å². The highest BCUT2D eigenvalue weighted by Gasteiger charge is 2.05. The smallest absolute Gasteiger partial charge is 0.0428 e. The molecule has 0 N–H and O–H groups in total. The van der Waals surface area contributed by atoms with Crippen molar-refractivity contribution in [3.8, 4) is 0 Å². The lowest BCUT2D eigenvalue weighted by Crippen LogP contribution is -2.14. The molecule has 0 saturated carbocycles. The minimum atomic E-state index is -0.616. The molecular formula is C7H16N2S. The molecule has 0 unspecified atom stereocenters. The van der Waals surface area contributed by atoms with Crippen LogP contribution in [0, 0.1) is 0 Å². The van der Waals surface area contributed by atoms with Gasteiger partial charge in [-0.05, 0) is 25.5 Å². The first-order chi connectivity index (χ1) is 4.48. The predicted molar refractivity (Wildman–Crippen MR) is 51.8 cm³/mol. The zero-order valence-corrected chi connectivity index (χ0v) is 7.98. The van der Waals surface area contributed by atoms with Crippen LogP contribution in [0.4, 0.5) is 0 Å². The summed E-state index contributed by atoms with van der Waals surface area (Å²) in [5.41, 5.74) is 0. The van der Waals surface area contributed by atoms with E-state index in [9.17, 15) is 0 Å². The van der Waals surface area contributed by atoms with Crippen LogP contribution in [0.3, 0.4) is 0 Å². The zero-order valence-electron chi connectivity index (χ0n) is 7.16. The van der Waals surface area contributed by atoms with Crippen LogP contribution in [0.5, 0.6) is 0 Å². The summed E-state index contributed by atoms with van der Waals surface area (Å²) in [6.45, 7) is 3.36. The van der Waals surface area contributed by atoms with Crippen molar-refractivity contribution in [3.05, 3.63) is 12.4 Å². The van der Waals surface area contributed by atoms with Gasteiger partial charge in [0.05, 0.1) is 0 Å². The summed E-state index contributed by atoms with van der Waals surface area (Å²) in [5, 5.41) is 0. The molecule has 0 fully saturated rings. The van der Waals surface area contributed by atoms with Crippen LogP contribution in [-0.2, 0) is 0 Å². The molecule has 0 aromatic heterocycles. The average molecular weight is 160 g/mol. The van der Waals surface area contributed by atoms with E-state index in [4.69, 9.17) is 0 Å². The van der Waals surface area contributed by atoms with E-state index < -0.39 is 10.2 Å². The third-order valence-electron chi connectivity index (χ3n) is 1.25. The highest BCUT2D eigenvalue weighted by molar-refractivity contribution is 8.30. The Kier molecular flexibility index (Phi) is 3.50. The second kappa shape index (κ2) is 3.66. The second-order valence-electron chi connectivity index (χ2n) is 2.80. The molecule has 0 aliphatic carbocycles. The quantitative estimate of drug-likeness (QED) is 0.574. The predicted octanol–water partition coefficient (Wildman–Crippen LogP) is 1.70. The van der Waals surface area contributed by atoms with Crippen molar-refractivity contribution in [1.29, 1.82) is 0 Å². The second-order valence-corrected chi connectivity index (χ2v) is 6.92. The molecule has 0 aromatic rings. The summed E-state index contributed by atoms with van der Waals surface area (Å²) in [6.07, 6.45) is 10.3. The summed E-state index contributed by atoms with van der Waals surface area (Å²) in [4.78, 5) is 3.63. The van der Waals surface area contributed by atoms with Crippen molar-refractivity contribution < 1.29 is 0 Å². The van der Waals surface area contributed by atoms with Crippen LogP contribution in [0.25, 0.3) is 0 Å². The lowest BCUT2D eigenvalue weighted by Gasteiger charge is -2.35. The SMILES string of the molecule is C=N/C=C\N(C)S(C)(C)C. The topological polar surface area (TPSA) is 15.6 Å². The fourth-order valence-corrected chi connectivity index (χ4v) is 0.743. The molecule has 0 heterocycles. The first-order valence-electron chi connectivity index (χ1n) is 3.02. The number of hydrogen-bond donors (Lipinski definition) is 0. The summed E-state index contributed by atoms with van der Waals surface area (Å²) in [6, 6.07) is 0. The Morgan fingerprint density at radius 2 is 1.90 bits per heavy atom. The van der Waals surface area contributed by atoms with Crippen molar-refractivity contribution in [2.45, 2.75) is 0 Å². The molecule has 0 amide bonds. The number of hydrogen-bond acceptors (Lipinski definition) is 2. The maximum Gasteiger partial charge on any atom is 0.0428 e. The van der Waals surface area contributed by atoms with Gasteiger partial charge in [-0.2, -0.15) is 10.2 Å².